The van der Waals surface area contributed by atoms with E-state index < -0.39 is 0 Å². The summed E-state index contributed by atoms with van der Waals surface area (Å²) in [7, 11) is 0. The molecule has 0 saturated carbocycles. The Labute approximate surface area is 117 Å². The van der Waals surface area contributed by atoms with Gasteiger partial charge in [0.2, 0.25) is 0 Å². The van der Waals surface area contributed by atoms with Crippen molar-refractivity contribution in [1.82, 2.24) is 8.75 Å². The predicted octanol–water partition coefficient (Wildman–Crippen LogP) is 4.97. The summed E-state index contributed by atoms with van der Waals surface area (Å²) in [5.74, 6) is 0. The molecule has 0 N–H and O–H groups in total. The number of aromatic nitrogens is 2. The van der Waals surface area contributed by atoms with Crippen molar-refractivity contribution < 1.29 is 0 Å². The van der Waals surface area contributed by atoms with Crippen molar-refractivity contribution in [1.29, 1.82) is 0 Å². The third-order valence-corrected chi connectivity index (χ3v) is 4.76. The maximum absolute atomic E-state index is 4.43. The maximum atomic E-state index is 4.43. The molecule has 0 bridgehead atoms. The van der Waals surface area contributed by atoms with Gasteiger partial charge < -0.3 is 0 Å². The molecule has 96 valence electrons. The van der Waals surface area contributed by atoms with Crippen LogP contribution in [0, 0.1) is 0 Å². The van der Waals surface area contributed by atoms with E-state index >= 15 is 0 Å². The molecule has 1 aromatic carbocycles. The van der Waals surface area contributed by atoms with Crippen LogP contribution in [0.3, 0.4) is 0 Å². The molecule has 4 heteroatoms. The number of hydrogen-bond acceptors (Lipinski definition) is 4. The minimum atomic E-state index is 0.629. The van der Waals surface area contributed by atoms with Crippen LogP contribution in [0.15, 0.2) is 24.3 Å². The Morgan fingerprint density at radius 3 is 2.94 bits per heavy atom. The van der Waals surface area contributed by atoms with Crippen LogP contribution in [0.25, 0.3) is 15.9 Å². The fourth-order valence-electron chi connectivity index (χ4n) is 1.71. The highest BCUT2D eigenvalue weighted by atomic mass is 32.2. The molecule has 0 saturated heterocycles. The van der Waals surface area contributed by atoms with Crippen LogP contribution in [-0.2, 0) is 0 Å². The Morgan fingerprint density at radius 1 is 1.39 bits per heavy atom. The molecule has 0 fully saturated rings. The van der Waals surface area contributed by atoms with Crippen molar-refractivity contribution in [3.63, 3.8) is 0 Å². The summed E-state index contributed by atoms with van der Waals surface area (Å²) in [6, 6.07) is 6.25. The zero-order chi connectivity index (χ0) is 13.0. The van der Waals surface area contributed by atoms with Gasteiger partial charge in [-0.2, -0.15) is 8.75 Å². The highest BCUT2D eigenvalue weighted by molar-refractivity contribution is 8.08. The van der Waals surface area contributed by atoms with Crippen LogP contribution in [-0.4, -0.2) is 14.0 Å². The standard InChI is InChI=1S/C14H18N2S2/c1-4-7-13(17-10(3)5-2)11-8-6-9-12-14(11)16-18-15-12/h6-10H,4-5H2,1-3H3/b13-7-. The van der Waals surface area contributed by atoms with Crippen molar-refractivity contribution >= 4 is 39.4 Å². The van der Waals surface area contributed by atoms with E-state index in [4.69, 9.17) is 0 Å². The predicted molar refractivity (Wildman–Crippen MR) is 83.0 cm³/mol. The number of allylic oxidation sites excluding steroid dienone is 1. The summed E-state index contributed by atoms with van der Waals surface area (Å²) in [5.41, 5.74) is 3.27. The Hall–Kier alpha value is -0.870. The van der Waals surface area contributed by atoms with Gasteiger partial charge in [-0.05, 0) is 18.9 Å². The second-order valence-corrected chi connectivity index (χ2v) is 6.26. The second-order valence-electron chi connectivity index (χ2n) is 4.25. The molecule has 1 atom stereocenters. The van der Waals surface area contributed by atoms with Gasteiger partial charge in [-0.1, -0.05) is 39.0 Å². The Bertz CT molecular complexity index is 545. The van der Waals surface area contributed by atoms with Crippen molar-refractivity contribution in [2.75, 3.05) is 0 Å². The number of nitrogens with zero attached hydrogens (tertiary/aromatic N) is 2. The van der Waals surface area contributed by atoms with E-state index in [2.05, 4.69) is 47.7 Å². The first-order chi connectivity index (χ1) is 8.76. The van der Waals surface area contributed by atoms with Crippen molar-refractivity contribution in [2.45, 2.75) is 38.9 Å². The normalized spacial score (nSPS) is 14.1. The van der Waals surface area contributed by atoms with Gasteiger partial charge >= 0.3 is 0 Å². The van der Waals surface area contributed by atoms with Crippen molar-refractivity contribution in [3.05, 3.63) is 29.8 Å². The lowest BCUT2D eigenvalue weighted by atomic mass is 10.1. The molecular formula is C14H18N2S2. The van der Waals surface area contributed by atoms with Crippen LogP contribution < -0.4 is 0 Å². The molecule has 2 aromatic rings. The fraction of sp³-hybridized carbons (Fsp3) is 0.429. The Balaban J connectivity index is 2.42. The largest absolute Gasteiger partial charge is 0.173 e. The summed E-state index contributed by atoms with van der Waals surface area (Å²) in [6.07, 6.45) is 4.52. The van der Waals surface area contributed by atoms with Gasteiger partial charge in [0.1, 0.15) is 11.0 Å². The van der Waals surface area contributed by atoms with E-state index in [0.29, 0.717) is 5.25 Å². The van der Waals surface area contributed by atoms with Crippen LogP contribution in [0.2, 0.25) is 0 Å². The molecular weight excluding hydrogens is 260 g/mol. The molecule has 2 nitrogen and oxygen atoms in total. The first-order valence-electron chi connectivity index (χ1n) is 6.34. The van der Waals surface area contributed by atoms with E-state index in [0.717, 1.165) is 17.5 Å². The van der Waals surface area contributed by atoms with Crippen molar-refractivity contribution in [3.8, 4) is 0 Å². The molecule has 0 aliphatic rings. The number of fused-ring (bicyclic) bond motifs is 1. The molecule has 18 heavy (non-hydrogen) atoms. The third-order valence-electron chi connectivity index (χ3n) is 2.84. The van der Waals surface area contributed by atoms with Crippen LogP contribution >= 0.6 is 23.5 Å². The highest BCUT2D eigenvalue weighted by Gasteiger charge is 2.12. The highest BCUT2D eigenvalue weighted by Crippen LogP contribution is 2.35. The lowest BCUT2D eigenvalue weighted by molar-refractivity contribution is 0.910. The Morgan fingerprint density at radius 2 is 2.22 bits per heavy atom. The van der Waals surface area contributed by atoms with E-state index in [1.165, 1.54) is 28.6 Å². The average molecular weight is 278 g/mol. The minimum absolute atomic E-state index is 0.629. The average Bonchev–Trinajstić information content (AvgIpc) is 2.86. The molecule has 2 rings (SSSR count). The third kappa shape index (κ3) is 2.93. The SMILES string of the molecule is CC/C=C(\SC(C)CC)c1cccc2nsnc12. The van der Waals surface area contributed by atoms with Gasteiger partial charge in [-0.15, -0.1) is 11.8 Å². The topological polar surface area (TPSA) is 25.8 Å². The molecule has 0 aliphatic heterocycles. The lowest BCUT2D eigenvalue weighted by Gasteiger charge is -2.12. The summed E-state index contributed by atoms with van der Waals surface area (Å²) >= 11 is 3.23. The van der Waals surface area contributed by atoms with E-state index in [1.54, 1.807) is 0 Å². The molecule has 1 unspecified atom stereocenters. The fourth-order valence-corrected chi connectivity index (χ4v) is 3.42. The molecule has 0 amide bonds. The second kappa shape index (κ2) is 6.34. The molecule has 0 spiro atoms. The number of hydrogen-bond donors (Lipinski definition) is 0. The lowest BCUT2D eigenvalue weighted by Crippen LogP contribution is -1.94. The van der Waals surface area contributed by atoms with Gasteiger partial charge in [0.15, 0.2) is 0 Å². The van der Waals surface area contributed by atoms with E-state index in [1.807, 2.05) is 17.8 Å². The van der Waals surface area contributed by atoms with Gasteiger partial charge in [-0.3, -0.25) is 0 Å². The van der Waals surface area contributed by atoms with E-state index in [-0.39, 0.29) is 0 Å². The van der Waals surface area contributed by atoms with Crippen LogP contribution in [0.1, 0.15) is 39.2 Å². The van der Waals surface area contributed by atoms with E-state index in [9.17, 15) is 0 Å². The summed E-state index contributed by atoms with van der Waals surface area (Å²) in [5, 5.41) is 0.629. The number of rotatable bonds is 5. The van der Waals surface area contributed by atoms with Gasteiger partial charge in [-0.25, -0.2) is 0 Å². The number of thioether (sulfide) groups is 1. The van der Waals surface area contributed by atoms with Crippen LogP contribution in [0.5, 0.6) is 0 Å². The monoisotopic (exact) mass is 278 g/mol. The first kappa shape index (κ1) is 13.6. The molecule has 0 radical (unpaired) electrons. The van der Waals surface area contributed by atoms with Gasteiger partial charge in [0.25, 0.3) is 0 Å². The molecule has 1 heterocycles. The summed E-state index contributed by atoms with van der Waals surface area (Å²) < 4.78 is 8.75. The maximum Gasteiger partial charge on any atom is 0.113 e. The zero-order valence-corrected chi connectivity index (χ0v) is 12.6. The number of benzene rings is 1. The smallest absolute Gasteiger partial charge is 0.113 e. The summed E-state index contributed by atoms with van der Waals surface area (Å²) in [6.45, 7) is 6.68. The Kier molecular flexibility index (Phi) is 4.78. The summed E-state index contributed by atoms with van der Waals surface area (Å²) in [4.78, 5) is 1.34. The van der Waals surface area contributed by atoms with Gasteiger partial charge in [0, 0.05) is 15.7 Å². The van der Waals surface area contributed by atoms with Gasteiger partial charge in [0.05, 0.1) is 11.7 Å². The quantitative estimate of drug-likeness (QED) is 0.772. The van der Waals surface area contributed by atoms with Crippen LogP contribution in [0.4, 0.5) is 0 Å². The zero-order valence-electron chi connectivity index (χ0n) is 11.0. The molecule has 0 aliphatic carbocycles. The molecule has 1 aromatic heterocycles. The minimum Gasteiger partial charge on any atom is -0.173 e. The van der Waals surface area contributed by atoms with Crippen molar-refractivity contribution in [2.24, 2.45) is 0 Å². The first-order valence-corrected chi connectivity index (χ1v) is 7.95.